The minimum atomic E-state index is -3.02. The number of carbonyl (C=O) groups is 2. The van der Waals surface area contributed by atoms with Gasteiger partial charge in [-0.2, -0.15) is 8.78 Å². The molecule has 2 aromatic rings. The molecule has 1 N–H and O–H groups in total. The van der Waals surface area contributed by atoms with Crippen molar-refractivity contribution in [2.75, 3.05) is 7.11 Å². The molecule has 2 rings (SSSR count). The Morgan fingerprint density at radius 3 is 2.41 bits per heavy atom. The van der Waals surface area contributed by atoms with E-state index < -0.39 is 24.6 Å². The van der Waals surface area contributed by atoms with Crippen molar-refractivity contribution in [2.24, 2.45) is 0 Å². The number of carbonyl (C=O) groups excluding carboxylic acids is 2. The molecule has 2 aromatic carbocycles. The zero-order valence-corrected chi connectivity index (χ0v) is 14.8. The SMILES string of the molecule is COc1cc(C(=O)O[C@@H](C)C(=O)NCc2ccccc2)ccc1OC(F)F. The van der Waals surface area contributed by atoms with Gasteiger partial charge in [-0.1, -0.05) is 30.3 Å². The van der Waals surface area contributed by atoms with Gasteiger partial charge in [-0.3, -0.25) is 4.79 Å². The minimum Gasteiger partial charge on any atom is -0.493 e. The monoisotopic (exact) mass is 379 g/mol. The summed E-state index contributed by atoms with van der Waals surface area (Å²) < 4.78 is 39.0. The standard InChI is InChI=1S/C19H19F2NO5/c1-12(17(23)22-11-13-6-4-3-5-7-13)26-18(24)14-8-9-15(27-19(20)21)16(10-14)25-2/h3-10,12,19H,11H2,1-2H3,(H,22,23)/t12-/m0/s1. The molecular weight excluding hydrogens is 360 g/mol. The normalized spacial score (nSPS) is 11.6. The van der Waals surface area contributed by atoms with Crippen LogP contribution in [0, 0.1) is 0 Å². The Bertz CT molecular complexity index is 783. The van der Waals surface area contributed by atoms with Gasteiger partial charge in [-0.25, -0.2) is 4.79 Å². The highest BCUT2D eigenvalue weighted by atomic mass is 19.3. The van der Waals surface area contributed by atoms with Crippen LogP contribution >= 0.6 is 0 Å². The number of hydrogen-bond donors (Lipinski definition) is 1. The molecule has 6 nitrogen and oxygen atoms in total. The van der Waals surface area contributed by atoms with Gasteiger partial charge in [-0.15, -0.1) is 0 Å². The first-order valence-corrected chi connectivity index (χ1v) is 8.06. The lowest BCUT2D eigenvalue weighted by Gasteiger charge is -2.15. The fourth-order valence-corrected chi connectivity index (χ4v) is 2.20. The van der Waals surface area contributed by atoms with Crippen molar-refractivity contribution in [3.8, 4) is 11.5 Å². The second-order valence-electron chi connectivity index (χ2n) is 5.50. The minimum absolute atomic E-state index is 0.0381. The number of amides is 1. The number of benzene rings is 2. The molecule has 8 heteroatoms. The summed E-state index contributed by atoms with van der Waals surface area (Å²) in [4.78, 5) is 24.3. The van der Waals surface area contributed by atoms with Crippen molar-refractivity contribution in [3.05, 3.63) is 59.7 Å². The predicted molar refractivity (Wildman–Crippen MR) is 92.8 cm³/mol. The van der Waals surface area contributed by atoms with Gasteiger partial charge in [0.05, 0.1) is 12.7 Å². The maximum atomic E-state index is 12.3. The number of methoxy groups -OCH3 is 1. The molecule has 0 radical (unpaired) electrons. The Morgan fingerprint density at radius 1 is 1.07 bits per heavy atom. The van der Waals surface area contributed by atoms with E-state index in [4.69, 9.17) is 9.47 Å². The molecule has 0 aliphatic carbocycles. The Labute approximate surface area is 155 Å². The third-order valence-corrected chi connectivity index (χ3v) is 3.58. The van der Waals surface area contributed by atoms with Gasteiger partial charge in [0.25, 0.3) is 5.91 Å². The summed E-state index contributed by atoms with van der Waals surface area (Å²) in [6.45, 7) is -1.29. The molecule has 0 saturated carbocycles. The Hall–Kier alpha value is -3.16. The highest BCUT2D eigenvalue weighted by Crippen LogP contribution is 2.29. The first-order valence-electron chi connectivity index (χ1n) is 8.06. The number of ether oxygens (including phenoxy) is 3. The molecule has 0 unspecified atom stereocenters. The summed E-state index contributed by atoms with van der Waals surface area (Å²) >= 11 is 0. The van der Waals surface area contributed by atoms with Crippen LogP contribution in [0.25, 0.3) is 0 Å². The van der Waals surface area contributed by atoms with Gasteiger partial charge < -0.3 is 19.5 Å². The first kappa shape index (κ1) is 20.2. The van der Waals surface area contributed by atoms with E-state index in [1.807, 2.05) is 30.3 Å². The van der Waals surface area contributed by atoms with Crippen LogP contribution in [0.15, 0.2) is 48.5 Å². The maximum Gasteiger partial charge on any atom is 0.387 e. The van der Waals surface area contributed by atoms with E-state index in [9.17, 15) is 18.4 Å². The highest BCUT2D eigenvalue weighted by Gasteiger charge is 2.20. The average molecular weight is 379 g/mol. The summed E-state index contributed by atoms with van der Waals surface area (Å²) in [7, 11) is 1.25. The van der Waals surface area contributed by atoms with Crippen LogP contribution in [0.5, 0.6) is 11.5 Å². The first-order chi connectivity index (χ1) is 12.9. The van der Waals surface area contributed by atoms with E-state index >= 15 is 0 Å². The second kappa shape index (κ2) is 9.51. The number of rotatable bonds is 8. The Balaban J connectivity index is 1.95. The third kappa shape index (κ3) is 5.95. The molecule has 0 fully saturated rings. The Morgan fingerprint density at radius 2 is 1.78 bits per heavy atom. The van der Waals surface area contributed by atoms with Gasteiger partial charge >= 0.3 is 12.6 Å². The van der Waals surface area contributed by atoms with E-state index in [1.54, 1.807) is 0 Å². The van der Waals surface area contributed by atoms with Gasteiger partial charge in [-0.05, 0) is 30.7 Å². The van der Waals surface area contributed by atoms with Crippen LogP contribution in [0.1, 0.15) is 22.8 Å². The summed E-state index contributed by atoms with van der Waals surface area (Å²) in [6.07, 6.45) is -1.04. The fourth-order valence-electron chi connectivity index (χ4n) is 2.20. The summed E-state index contributed by atoms with van der Waals surface area (Å²) in [5.41, 5.74) is 0.944. The average Bonchev–Trinajstić information content (AvgIpc) is 2.66. The molecular formula is C19H19F2NO5. The molecule has 0 aromatic heterocycles. The molecule has 0 spiro atoms. The molecule has 0 aliphatic rings. The largest absolute Gasteiger partial charge is 0.493 e. The van der Waals surface area contributed by atoms with E-state index in [2.05, 4.69) is 10.1 Å². The van der Waals surface area contributed by atoms with E-state index in [1.165, 1.54) is 32.2 Å². The predicted octanol–water partition coefficient (Wildman–Crippen LogP) is 3.16. The van der Waals surface area contributed by atoms with E-state index in [0.29, 0.717) is 6.54 Å². The van der Waals surface area contributed by atoms with Crippen LogP contribution in [0.3, 0.4) is 0 Å². The maximum absolute atomic E-state index is 12.3. The molecule has 27 heavy (non-hydrogen) atoms. The molecule has 144 valence electrons. The van der Waals surface area contributed by atoms with Gasteiger partial charge in [0.15, 0.2) is 17.6 Å². The van der Waals surface area contributed by atoms with Gasteiger partial charge in [0, 0.05) is 6.54 Å². The zero-order chi connectivity index (χ0) is 19.8. The summed E-state index contributed by atoms with van der Waals surface area (Å²) in [5.74, 6) is -1.51. The van der Waals surface area contributed by atoms with Crippen LogP contribution < -0.4 is 14.8 Å². The quantitative estimate of drug-likeness (QED) is 0.714. The van der Waals surface area contributed by atoms with Crippen molar-refractivity contribution >= 4 is 11.9 Å². The van der Waals surface area contributed by atoms with Crippen LogP contribution in [0.2, 0.25) is 0 Å². The number of alkyl halides is 2. The summed E-state index contributed by atoms with van der Waals surface area (Å²) in [6, 6.07) is 12.9. The number of esters is 1. The van der Waals surface area contributed by atoms with E-state index in [0.717, 1.165) is 5.56 Å². The second-order valence-corrected chi connectivity index (χ2v) is 5.50. The molecule has 0 heterocycles. The van der Waals surface area contributed by atoms with Gasteiger partial charge in [0.1, 0.15) is 0 Å². The fraction of sp³-hybridized carbons (Fsp3) is 0.263. The van der Waals surface area contributed by atoms with Crippen molar-refractivity contribution in [3.63, 3.8) is 0 Å². The number of nitrogens with one attached hydrogen (secondary N) is 1. The lowest BCUT2D eigenvalue weighted by Crippen LogP contribution is -2.35. The highest BCUT2D eigenvalue weighted by molar-refractivity contribution is 5.92. The smallest absolute Gasteiger partial charge is 0.387 e. The zero-order valence-electron chi connectivity index (χ0n) is 14.8. The third-order valence-electron chi connectivity index (χ3n) is 3.58. The van der Waals surface area contributed by atoms with Gasteiger partial charge in [0.2, 0.25) is 0 Å². The van der Waals surface area contributed by atoms with Crippen LogP contribution in [-0.2, 0) is 16.1 Å². The number of hydrogen-bond acceptors (Lipinski definition) is 5. The van der Waals surface area contributed by atoms with Crippen LogP contribution in [-0.4, -0.2) is 31.7 Å². The molecule has 1 atom stereocenters. The molecule has 0 saturated heterocycles. The van der Waals surface area contributed by atoms with Crippen molar-refractivity contribution in [1.82, 2.24) is 5.32 Å². The topological polar surface area (TPSA) is 73.9 Å². The van der Waals surface area contributed by atoms with Crippen molar-refractivity contribution in [1.29, 1.82) is 0 Å². The summed E-state index contributed by atoms with van der Waals surface area (Å²) in [5, 5.41) is 2.66. The van der Waals surface area contributed by atoms with Crippen LogP contribution in [0.4, 0.5) is 8.78 Å². The molecule has 0 bridgehead atoms. The Kier molecular flexibility index (Phi) is 7.10. The lowest BCUT2D eigenvalue weighted by atomic mass is 10.2. The molecule has 0 aliphatic heterocycles. The molecule has 1 amide bonds. The van der Waals surface area contributed by atoms with E-state index in [-0.39, 0.29) is 17.1 Å². The lowest BCUT2D eigenvalue weighted by molar-refractivity contribution is -0.129. The number of halogens is 2. The van der Waals surface area contributed by atoms with Crippen molar-refractivity contribution < 1.29 is 32.6 Å². The van der Waals surface area contributed by atoms with Crippen molar-refractivity contribution in [2.45, 2.75) is 26.2 Å².